The normalized spacial score (nSPS) is 18.1. The summed E-state index contributed by atoms with van der Waals surface area (Å²) in [4.78, 5) is 12.0. The maximum atomic E-state index is 12.0. The number of halogens is 1. The number of carbonyl (C=O) groups is 1. The summed E-state index contributed by atoms with van der Waals surface area (Å²) >= 11 is 0. The number of amides is 1. The van der Waals surface area contributed by atoms with Gasteiger partial charge in [-0.15, -0.1) is 12.4 Å². The van der Waals surface area contributed by atoms with Crippen LogP contribution in [0.25, 0.3) is 0 Å². The zero-order chi connectivity index (χ0) is 15.3. The van der Waals surface area contributed by atoms with Crippen LogP contribution in [0, 0.1) is 0 Å². The molecule has 1 aromatic carbocycles. The molecule has 1 heterocycles. The fourth-order valence-electron chi connectivity index (χ4n) is 2.40. The molecule has 1 saturated heterocycles. The highest BCUT2D eigenvalue weighted by Crippen LogP contribution is 2.12. The molecular formula is C14H22ClN3O3S. The maximum Gasteiger partial charge on any atom is 0.229 e. The van der Waals surface area contributed by atoms with Crippen LogP contribution in [0.5, 0.6) is 0 Å². The summed E-state index contributed by atoms with van der Waals surface area (Å²) in [6, 6.07) is 7.07. The fourth-order valence-corrected chi connectivity index (χ4v) is 2.95. The van der Waals surface area contributed by atoms with Gasteiger partial charge in [-0.3, -0.25) is 9.52 Å². The first-order chi connectivity index (χ1) is 9.92. The lowest BCUT2D eigenvalue weighted by Crippen LogP contribution is -2.46. The van der Waals surface area contributed by atoms with E-state index in [1.807, 2.05) is 6.07 Å². The van der Waals surface area contributed by atoms with E-state index in [1.54, 1.807) is 18.2 Å². The standard InChI is InChI=1S/C14H21N3O3S.ClH/c1-21(19,20)17-12-5-2-4-11(8-12)9-14(18)16-13-6-3-7-15-10-13;/h2,4-5,8,13,15,17H,3,6-7,9-10H2,1H3,(H,16,18);1H/t13-;/m0./s1. The second-order valence-electron chi connectivity index (χ2n) is 5.36. The third-order valence-electron chi connectivity index (χ3n) is 3.26. The topological polar surface area (TPSA) is 87.3 Å². The minimum Gasteiger partial charge on any atom is -0.352 e. The summed E-state index contributed by atoms with van der Waals surface area (Å²) in [5.74, 6) is -0.0415. The Bertz CT molecular complexity index is 601. The van der Waals surface area contributed by atoms with Gasteiger partial charge >= 0.3 is 0 Å². The van der Waals surface area contributed by atoms with Crippen LogP contribution >= 0.6 is 12.4 Å². The fraction of sp³-hybridized carbons (Fsp3) is 0.500. The second-order valence-corrected chi connectivity index (χ2v) is 7.11. The largest absolute Gasteiger partial charge is 0.352 e. The Labute approximate surface area is 137 Å². The molecule has 2 rings (SSSR count). The molecule has 0 unspecified atom stereocenters. The molecule has 1 aliphatic rings. The van der Waals surface area contributed by atoms with E-state index in [0.717, 1.165) is 37.8 Å². The summed E-state index contributed by atoms with van der Waals surface area (Å²) in [7, 11) is -3.30. The van der Waals surface area contributed by atoms with E-state index >= 15 is 0 Å². The number of anilines is 1. The molecule has 124 valence electrons. The first-order valence-electron chi connectivity index (χ1n) is 6.99. The number of rotatable bonds is 5. The van der Waals surface area contributed by atoms with E-state index in [1.165, 1.54) is 0 Å². The molecule has 0 radical (unpaired) electrons. The highest BCUT2D eigenvalue weighted by atomic mass is 35.5. The number of benzene rings is 1. The number of hydrogen-bond donors (Lipinski definition) is 3. The predicted molar refractivity (Wildman–Crippen MR) is 89.9 cm³/mol. The van der Waals surface area contributed by atoms with E-state index in [4.69, 9.17) is 0 Å². The van der Waals surface area contributed by atoms with Gasteiger partial charge in [-0.1, -0.05) is 12.1 Å². The first-order valence-corrected chi connectivity index (χ1v) is 8.88. The van der Waals surface area contributed by atoms with Crippen LogP contribution in [0.4, 0.5) is 5.69 Å². The SMILES string of the molecule is CS(=O)(=O)Nc1cccc(CC(=O)N[C@H]2CCCNC2)c1.Cl. The van der Waals surface area contributed by atoms with Gasteiger partial charge in [0.05, 0.1) is 12.7 Å². The predicted octanol–water partition coefficient (Wildman–Crippen LogP) is 0.891. The third-order valence-corrected chi connectivity index (χ3v) is 3.86. The molecule has 22 heavy (non-hydrogen) atoms. The van der Waals surface area contributed by atoms with Gasteiger partial charge in [0, 0.05) is 18.3 Å². The van der Waals surface area contributed by atoms with Gasteiger partial charge in [-0.05, 0) is 37.1 Å². The van der Waals surface area contributed by atoms with Crippen LogP contribution in [0.15, 0.2) is 24.3 Å². The number of sulfonamides is 1. The Kier molecular flexibility index (Phi) is 7.12. The van der Waals surface area contributed by atoms with Gasteiger partial charge in [-0.2, -0.15) is 0 Å². The third kappa shape index (κ3) is 6.64. The molecule has 0 bridgehead atoms. The molecule has 1 amide bonds. The molecule has 1 aromatic rings. The number of carbonyl (C=O) groups excluding carboxylic acids is 1. The molecular weight excluding hydrogens is 326 g/mol. The van der Waals surface area contributed by atoms with Crippen LogP contribution in [0.3, 0.4) is 0 Å². The number of piperidine rings is 1. The van der Waals surface area contributed by atoms with Crippen molar-refractivity contribution < 1.29 is 13.2 Å². The van der Waals surface area contributed by atoms with Crippen LogP contribution < -0.4 is 15.4 Å². The van der Waals surface area contributed by atoms with Gasteiger partial charge in [0.1, 0.15) is 0 Å². The lowest BCUT2D eigenvalue weighted by Gasteiger charge is -2.23. The minimum absolute atomic E-state index is 0. The lowest BCUT2D eigenvalue weighted by atomic mass is 10.1. The van der Waals surface area contributed by atoms with Crippen molar-refractivity contribution >= 4 is 34.0 Å². The van der Waals surface area contributed by atoms with Crippen LogP contribution in [0.1, 0.15) is 18.4 Å². The second kappa shape index (κ2) is 8.36. The van der Waals surface area contributed by atoms with E-state index < -0.39 is 10.0 Å². The smallest absolute Gasteiger partial charge is 0.229 e. The zero-order valence-electron chi connectivity index (χ0n) is 12.5. The van der Waals surface area contributed by atoms with E-state index in [2.05, 4.69) is 15.4 Å². The van der Waals surface area contributed by atoms with Crippen LogP contribution in [0.2, 0.25) is 0 Å². The highest BCUT2D eigenvalue weighted by molar-refractivity contribution is 7.92. The van der Waals surface area contributed by atoms with Crippen molar-refractivity contribution in [2.24, 2.45) is 0 Å². The van der Waals surface area contributed by atoms with E-state index in [9.17, 15) is 13.2 Å². The summed E-state index contributed by atoms with van der Waals surface area (Å²) in [5, 5.41) is 6.24. The van der Waals surface area contributed by atoms with Crippen LogP contribution in [-0.2, 0) is 21.2 Å². The molecule has 1 fully saturated rings. The zero-order valence-corrected chi connectivity index (χ0v) is 14.1. The van der Waals surface area contributed by atoms with Gasteiger partial charge in [0.15, 0.2) is 0 Å². The van der Waals surface area contributed by atoms with Crippen molar-refractivity contribution in [1.29, 1.82) is 0 Å². The average Bonchev–Trinajstić information content (AvgIpc) is 2.38. The summed E-state index contributed by atoms with van der Waals surface area (Å²) < 4.78 is 24.8. The van der Waals surface area contributed by atoms with Crippen molar-refractivity contribution in [2.75, 3.05) is 24.1 Å². The number of nitrogens with one attached hydrogen (secondary N) is 3. The molecule has 1 aliphatic heterocycles. The van der Waals surface area contributed by atoms with E-state index in [0.29, 0.717) is 5.69 Å². The minimum atomic E-state index is -3.30. The molecule has 3 N–H and O–H groups in total. The van der Waals surface area contributed by atoms with E-state index in [-0.39, 0.29) is 30.8 Å². The molecule has 0 aliphatic carbocycles. The van der Waals surface area contributed by atoms with Gasteiger partial charge < -0.3 is 10.6 Å². The highest BCUT2D eigenvalue weighted by Gasteiger charge is 2.15. The summed E-state index contributed by atoms with van der Waals surface area (Å²) in [5.41, 5.74) is 1.26. The van der Waals surface area contributed by atoms with Gasteiger partial charge in [-0.25, -0.2) is 8.42 Å². The molecule has 8 heteroatoms. The lowest BCUT2D eigenvalue weighted by molar-refractivity contribution is -0.121. The first kappa shape index (κ1) is 18.7. The van der Waals surface area contributed by atoms with Crippen molar-refractivity contribution in [2.45, 2.75) is 25.3 Å². The van der Waals surface area contributed by atoms with Gasteiger partial charge in [0.2, 0.25) is 15.9 Å². The number of hydrogen-bond acceptors (Lipinski definition) is 4. The van der Waals surface area contributed by atoms with Crippen molar-refractivity contribution in [3.63, 3.8) is 0 Å². The van der Waals surface area contributed by atoms with Gasteiger partial charge in [0.25, 0.3) is 0 Å². The summed E-state index contributed by atoms with van der Waals surface area (Å²) in [6.07, 6.45) is 3.41. The molecule has 6 nitrogen and oxygen atoms in total. The van der Waals surface area contributed by atoms with Crippen molar-refractivity contribution in [1.82, 2.24) is 10.6 Å². The molecule has 0 spiro atoms. The molecule has 1 atom stereocenters. The Hall–Kier alpha value is -1.31. The van der Waals surface area contributed by atoms with Crippen molar-refractivity contribution in [3.8, 4) is 0 Å². The summed E-state index contributed by atoms with van der Waals surface area (Å²) in [6.45, 7) is 1.81. The maximum absolute atomic E-state index is 12.0. The Morgan fingerprint density at radius 3 is 2.82 bits per heavy atom. The average molecular weight is 348 g/mol. The monoisotopic (exact) mass is 347 g/mol. The van der Waals surface area contributed by atoms with Crippen LogP contribution in [-0.4, -0.2) is 39.7 Å². The molecule has 0 aromatic heterocycles. The molecule has 0 saturated carbocycles. The Morgan fingerprint density at radius 1 is 1.41 bits per heavy atom. The quantitative estimate of drug-likeness (QED) is 0.738. The Morgan fingerprint density at radius 2 is 2.18 bits per heavy atom. The Balaban J connectivity index is 0.00000242. The van der Waals surface area contributed by atoms with Crippen molar-refractivity contribution in [3.05, 3.63) is 29.8 Å².